The molecule has 170 valence electrons. The van der Waals surface area contributed by atoms with Gasteiger partial charge in [-0.25, -0.2) is 4.39 Å². The molecule has 2 N–H and O–H groups in total. The third-order valence-electron chi connectivity index (χ3n) is 6.39. The summed E-state index contributed by atoms with van der Waals surface area (Å²) in [7, 11) is 3.47. The van der Waals surface area contributed by atoms with Gasteiger partial charge in [0, 0.05) is 49.5 Å². The number of hydrogen-bond donors (Lipinski definition) is 2. The van der Waals surface area contributed by atoms with Gasteiger partial charge in [-0.1, -0.05) is 12.1 Å². The van der Waals surface area contributed by atoms with Crippen molar-refractivity contribution in [2.75, 3.05) is 50.7 Å². The summed E-state index contributed by atoms with van der Waals surface area (Å²) in [5.41, 5.74) is 3.69. The highest BCUT2D eigenvalue weighted by molar-refractivity contribution is 6.06. The van der Waals surface area contributed by atoms with Crippen molar-refractivity contribution in [3.05, 3.63) is 59.5 Å². The zero-order chi connectivity index (χ0) is 22.7. The summed E-state index contributed by atoms with van der Waals surface area (Å²) in [4.78, 5) is 18.2. The third-order valence-corrected chi connectivity index (χ3v) is 6.39. The smallest absolute Gasteiger partial charge is 0.272 e. The molecular weight excluding hydrogens is 409 g/mol. The van der Waals surface area contributed by atoms with E-state index in [1.807, 2.05) is 25.1 Å². The van der Waals surface area contributed by atoms with E-state index in [-0.39, 0.29) is 17.1 Å². The minimum absolute atomic E-state index is 0.0505. The van der Waals surface area contributed by atoms with Gasteiger partial charge in [-0.2, -0.15) is 0 Å². The molecule has 1 fully saturated rings. The number of ether oxygens (including phenoxy) is 2. The zero-order valence-electron chi connectivity index (χ0n) is 18.8. The lowest BCUT2D eigenvalue weighted by Crippen LogP contribution is -2.44. The second-order valence-electron chi connectivity index (χ2n) is 8.69. The zero-order valence-corrected chi connectivity index (χ0v) is 18.8. The molecule has 0 saturated carbocycles. The highest BCUT2D eigenvalue weighted by Gasteiger charge is 2.35. The van der Waals surface area contributed by atoms with Crippen LogP contribution in [0.1, 0.15) is 28.9 Å². The summed E-state index contributed by atoms with van der Waals surface area (Å²) in [5, 5.41) is 3.36. The second kappa shape index (κ2) is 9.30. The summed E-state index contributed by atoms with van der Waals surface area (Å²) >= 11 is 0. The topological polar surface area (TPSA) is 66.6 Å². The molecule has 2 heterocycles. The van der Waals surface area contributed by atoms with Gasteiger partial charge in [0.25, 0.3) is 5.91 Å². The van der Waals surface area contributed by atoms with Crippen LogP contribution in [0.15, 0.2) is 42.5 Å². The highest BCUT2D eigenvalue weighted by Crippen LogP contribution is 2.34. The van der Waals surface area contributed by atoms with Crippen LogP contribution in [0.2, 0.25) is 0 Å². The van der Waals surface area contributed by atoms with Crippen LogP contribution in [-0.4, -0.2) is 51.4 Å². The molecule has 1 aromatic heterocycles. The summed E-state index contributed by atoms with van der Waals surface area (Å²) in [6, 6.07) is 12.5. The predicted octanol–water partition coefficient (Wildman–Crippen LogP) is 4.75. The average molecular weight is 440 g/mol. The number of amides is 1. The normalized spacial score (nSPS) is 15.8. The molecule has 1 aliphatic rings. The number of carbonyl (C=O) groups is 1. The Hall–Kier alpha value is -2.90. The Bertz CT molecular complexity index is 1060. The Morgan fingerprint density at radius 1 is 1.12 bits per heavy atom. The van der Waals surface area contributed by atoms with Gasteiger partial charge in [-0.15, -0.1) is 0 Å². The van der Waals surface area contributed by atoms with Crippen LogP contribution in [0, 0.1) is 18.2 Å². The molecule has 0 radical (unpaired) electrons. The van der Waals surface area contributed by atoms with Crippen LogP contribution in [0.25, 0.3) is 10.9 Å². The van der Waals surface area contributed by atoms with Gasteiger partial charge in [-0.3, -0.25) is 4.79 Å². The number of carbonyl (C=O) groups excluding carboxylic acids is 1. The minimum atomic E-state index is -0.342. The predicted molar refractivity (Wildman–Crippen MR) is 125 cm³/mol. The summed E-state index contributed by atoms with van der Waals surface area (Å²) < 4.78 is 25.0. The Balaban J connectivity index is 1.46. The van der Waals surface area contributed by atoms with Crippen molar-refractivity contribution in [1.29, 1.82) is 0 Å². The summed E-state index contributed by atoms with van der Waals surface area (Å²) in [6.45, 7) is 5.05. The highest BCUT2D eigenvalue weighted by atomic mass is 19.1. The first-order chi connectivity index (χ1) is 15.4. The number of aryl methyl sites for hydroxylation is 1. The molecule has 6 nitrogen and oxygen atoms in total. The van der Waals surface area contributed by atoms with Gasteiger partial charge in [0.2, 0.25) is 0 Å². The van der Waals surface area contributed by atoms with E-state index >= 15 is 0 Å². The summed E-state index contributed by atoms with van der Waals surface area (Å²) in [5.74, 6) is -0.638. The number of benzene rings is 2. The van der Waals surface area contributed by atoms with Crippen LogP contribution in [0.5, 0.6) is 0 Å². The van der Waals surface area contributed by atoms with E-state index in [1.165, 1.54) is 6.07 Å². The number of H-pyrrole nitrogens is 1. The van der Waals surface area contributed by atoms with Crippen molar-refractivity contribution in [3.8, 4) is 0 Å². The maximum absolute atomic E-state index is 14.1. The number of anilines is 2. The fourth-order valence-electron chi connectivity index (χ4n) is 4.61. The SMILES string of the molecule is COCC1(COC)CCN(c2cccc(NC(=O)c3cc4c(F)ccc(C)c4[nH]3)c2)CC1. The average Bonchev–Trinajstić information content (AvgIpc) is 3.25. The van der Waals surface area contributed by atoms with Crippen LogP contribution >= 0.6 is 0 Å². The number of halogens is 1. The summed E-state index contributed by atoms with van der Waals surface area (Å²) in [6.07, 6.45) is 1.95. The number of piperidine rings is 1. The Morgan fingerprint density at radius 2 is 1.84 bits per heavy atom. The quantitative estimate of drug-likeness (QED) is 0.558. The lowest BCUT2D eigenvalue weighted by atomic mass is 9.79. The van der Waals surface area contributed by atoms with Crippen LogP contribution in [0.4, 0.5) is 15.8 Å². The molecular formula is C25H30FN3O3. The number of aromatic amines is 1. The van der Waals surface area contributed by atoms with Crippen molar-refractivity contribution in [2.24, 2.45) is 5.41 Å². The maximum atomic E-state index is 14.1. The molecule has 1 saturated heterocycles. The lowest BCUT2D eigenvalue weighted by molar-refractivity contribution is -0.00544. The van der Waals surface area contributed by atoms with Crippen molar-refractivity contribution < 1.29 is 18.7 Å². The Morgan fingerprint density at radius 3 is 2.50 bits per heavy atom. The molecule has 0 unspecified atom stereocenters. The molecule has 0 atom stereocenters. The molecule has 1 amide bonds. The molecule has 32 heavy (non-hydrogen) atoms. The van der Waals surface area contributed by atoms with E-state index in [0.29, 0.717) is 35.5 Å². The Labute approximate surface area is 187 Å². The van der Waals surface area contributed by atoms with Gasteiger partial charge in [0.15, 0.2) is 0 Å². The van der Waals surface area contributed by atoms with E-state index in [9.17, 15) is 9.18 Å². The molecule has 0 bridgehead atoms. The maximum Gasteiger partial charge on any atom is 0.272 e. The molecule has 0 aliphatic carbocycles. The fourth-order valence-corrected chi connectivity index (χ4v) is 4.61. The van der Waals surface area contributed by atoms with Crippen LogP contribution in [-0.2, 0) is 9.47 Å². The van der Waals surface area contributed by atoms with Crippen LogP contribution < -0.4 is 10.2 Å². The first kappa shape index (κ1) is 22.3. The van der Waals surface area contributed by atoms with E-state index in [2.05, 4.69) is 21.3 Å². The van der Waals surface area contributed by atoms with Crippen molar-refractivity contribution in [1.82, 2.24) is 4.98 Å². The number of aromatic nitrogens is 1. The van der Waals surface area contributed by atoms with Gasteiger partial charge >= 0.3 is 0 Å². The molecule has 2 aromatic carbocycles. The standard InChI is InChI=1S/C25H30FN3O3/c1-17-7-8-21(26)20-14-22(28-23(17)20)24(30)27-18-5-4-6-19(13-18)29-11-9-25(10-12-29,15-31-2)16-32-3/h4-8,13-14,28H,9-12,15-16H2,1-3H3,(H,27,30). The van der Waals surface area contributed by atoms with E-state index in [1.54, 1.807) is 26.4 Å². The molecule has 0 spiro atoms. The number of hydrogen-bond acceptors (Lipinski definition) is 4. The molecule has 4 rings (SSSR count). The Kier molecular flexibility index (Phi) is 6.48. The second-order valence-corrected chi connectivity index (χ2v) is 8.69. The number of nitrogens with one attached hydrogen (secondary N) is 2. The number of rotatable bonds is 7. The van der Waals surface area contributed by atoms with Gasteiger partial charge in [0.1, 0.15) is 11.5 Å². The van der Waals surface area contributed by atoms with E-state index in [0.717, 1.165) is 37.2 Å². The van der Waals surface area contributed by atoms with Gasteiger partial charge in [0.05, 0.1) is 18.7 Å². The van der Waals surface area contributed by atoms with Gasteiger partial charge in [-0.05, 0) is 55.7 Å². The molecule has 1 aliphatic heterocycles. The van der Waals surface area contributed by atoms with E-state index < -0.39 is 0 Å². The molecule has 3 aromatic rings. The number of nitrogens with zero attached hydrogens (tertiary/aromatic N) is 1. The van der Waals surface area contributed by atoms with E-state index in [4.69, 9.17) is 9.47 Å². The number of methoxy groups -OCH3 is 2. The first-order valence-corrected chi connectivity index (χ1v) is 10.9. The fraction of sp³-hybridized carbons (Fsp3) is 0.400. The lowest BCUT2D eigenvalue weighted by Gasteiger charge is -2.42. The molecule has 7 heteroatoms. The van der Waals surface area contributed by atoms with Crippen LogP contribution in [0.3, 0.4) is 0 Å². The number of fused-ring (bicyclic) bond motifs is 1. The van der Waals surface area contributed by atoms with Crippen molar-refractivity contribution in [3.63, 3.8) is 0 Å². The monoisotopic (exact) mass is 439 g/mol. The largest absolute Gasteiger partial charge is 0.384 e. The first-order valence-electron chi connectivity index (χ1n) is 10.9. The van der Waals surface area contributed by atoms with Crippen molar-refractivity contribution >= 4 is 28.2 Å². The van der Waals surface area contributed by atoms with Gasteiger partial charge < -0.3 is 24.7 Å². The van der Waals surface area contributed by atoms with Crippen molar-refractivity contribution in [2.45, 2.75) is 19.8 Å². The minimum Gasteiger partial charge on any atom is -0.384 e. The third kappa shape index (κ3) is 4.49.